The fourth-order valence-corrected chi connectivity index (χ4v) is 2.45. The van der Waals surface area contributed by atoms with Crippen LogP contribution in [-0.2, 0) is 14.1 Å². The third-order valence-corrected chi connectivity index (χ3v) is 3.96. The van der Waals surface area contributed by atoms with Gasteiger partial charge >= 0.3 is 0 Å². The first-order valence-electron chi connectivity index (χ1n) is 6.68. The van der Waals surface area contributed by atoms with E-state index < -0.39 is 0 Å². The molecule has 0 saturated heterocycles. The average molecular weight is 319 g/mol. The molecule has 2 aromatic heterocycles. The SMILES string of the molecule is Cc1cc(-c2ccc(Cl)cc2)nn1-c1c(O)n(C)n(C)c1=O. The van der Waals surface area contributed by atoms with Crippen molar-refractivity contribution < 1.29 is 5.11 Å². The minimum Gasteiger partial charge on any atom is -0.492 e. The molecule has 0 aliphatic carbocycles. The molecule has 0 saturated carbocycles. The van der Waals surface area contributed by atoms with Crippen molar-refractivity contribution in [3.8, 4) is 22.8 Å². The van der Waals surface area contributed by atoms with E-state index in [9.17, 15) is 9.90 Å². The van der Waals surface area contributed by atoms with Gasteiger partial charge in [-0.2, -0.15) is 5.10 Å². The number of rotatable bonds is 2. The summed E-state index contributed by atoms with van der Waals surface area (Å²) in [5.74, 6) is -0.124. The van der Waals surface area contributed by atoms with Crippen molar-refractivity contribution in [2.45, 2.75) is 6.92 Å². The number of aromatic nitrogens is 4. The molecule has 1 aromatic carbocycles. The molecule has 0 atom stereocenters. The zero-order valence-electron chi connectivity index (χ0n) is 12.4. The van der Waals surface area contributed by atoms with Gasteiger partial charge in [0.1, 0.15) is 0 Å². The molecule has 6 nitrogen and oxygen atoms in total. The van der Waals surface area contributed by atoms with Gasteiger partial charge in [-0.1, -0.05) is 23.7 Å². The first kappa shape index (κ1) is 14.5. The third-order valence-electron chi connectivity index (χ3n) is 3.70. The van der Waals surface area contributed by atoms with Crippen LogP contribution in [-0.4, -0.2) is 24.3 Å². The Hall–Kier alpha value is -2.47. The number of halogens is 1. The number of hydrogen-bond acceptors (Lipinski definition) is 3. The van der Waals surface area contributed by atoms with E-state index in [1.807, 2.05) is 25.1 Å². The molecule has 3 rings (SSSR count). The van der Waals surface area contributed by atoms with Crippen LogP contribution in [0.15, 0.2) is 35.1 Å². The predicted molar refractivity (Wildman–Crippen MR) is 84.6 cm³/mol. The number of aromatic hydroxyl groups is 1. The van der Waals surface area contributed by atoms with E-state index in [0.717, 1.165) is 11.3 Å². The summed E-state index contributed by atoms with van der Waals surface area (Å²) >= 11 is 5.89. The first-order chi connectivity index (χ1) is 10.4. The maximum Gasteiger partial charge on any atom is 0.296 e. The Morgan fingerprint density at radius 2 is 1.77 bits per heavy atom. The van der Waals surface area contributed by atoms with Gasteiger partial charge in [-0.05, 0) is 25.1 Å². The fraction of sp³-hybridized carbons (Fsp3) is 0.200. The highest BCUT2D eigenvalue weighted by molar-refractivity contribution is 6.30. The molecule has 0 aliphatic heterocycles. The molecule has 114 valence electrons. The van der Waals surface area contributed by atoms with E-state index in [4.69, 9.17) is 11.6 Å². The fourth-order valence-electron chi connectivity index (χ4n) is 2.33. The van der Waals surface area contributed by atoms with E-state index in [2.05, 4.69) is 5.10 Å². The topological polar surface area (TPSA) is 65.0 Å². The van der Waals surface area contributed by atoms with Gasteiger partial charge in [-0.15, -0.1) is 0 Å². The smallest absolute Gasteiger partial charge is 0.296 e. The molecule has 0 radical (unpaired) electrons. The van der Waals surface area contributed by atoms with Crippen molar-refractivity contribution in [3.05, 3.63) is 51.4 Å². The lowest BCUT2D eigenvalue weighted by atomic mass is 10.1. The summed E-state index contributed by atoms with van der Waals surface area (Å²) in [5, 5.41) is 15.2. The van der Waals surface area contributed by atoms with Crippen molar-refractivity contribution in [1.29, 1.82) is 0 Å². The summed E-state index contributed by atoms with van der Waals surface area (Å²) in [6.07, 6.45) is 0. The van der Waals surface area contributed by atoms with Gasteiger partial charge in [-0.25, -0.2) is 9.36 Å². The second-order valence-electron chi connectivity index (χ2n) is 5.11. The van der Waals surface area contributed by atoms with Crippen LogP contribution >= 0.6 is 11.6 Å². The molecule has 0 aliphatic rings. The second-order valence-corrected chi connectivity index (χ2v) is 5.55. The van der Waals surface area contributed by atoms with Crippen LogP contribution in [0.2, 0.25) is 5.02 Å². The molecule has 0 bridgehead atoms. The zero-order valence-corrected chi connectivity index (χ0v) is 13.2. The molecular formula is C15H15ClN4O2. The molecule has 7 heteroatoms. The standard InChI is InChI=1S/C15H15ClN4O2/c1-9-8-12(10-4-6-11(16)7-5-10)17-20(9)13-14(21)18(2)19(3)15(13)22/h4-8,21H,1-3H3. The zero-order chi connectivity index (χ0) is 16.0. The predicted octanol–water partition coefficient (Wildman–Crippen LogP) is 2.24. The Bertz CT molecular complexity index is 903. The number of aryl methyl sites for hydroxylation is 1. The Labute approximate surface area is 131 Å². The molecular weight excluding hydrogens is 304 g/mol. The molecule has 3 aromatic rings. The van der Waals surface area contributed by atoms with Gasteiger partial charge in [0, 0.05) is 30.4 Å². The van der Waals surface area contributed by atoms with Crippen LogP contribution in [0.3, 0.4) is 0 Å². The highest BCUT2D eigenvalue weighted by Gasteiger charge is 2.20. The highest BCUT2D eigenvalue weighted by Crippen LogP contribution is 2.24. The molecule has 0 amide bonds. The Morgan fingerprint density at radius 1 is 1.14 bits per heavy atom. The third kappa shape index (κ3) is 2.12. The lowest BCUT2D eigenvalue weighted by molar-refractivity contribution is 0.395. The van der Waals surface area contributed by atoms with Crippen molar-refractivity contribution in [1.82, 2.24) is 19.1 Å². The summed E-state index contributed by atoms with van der Waals surface area (Å²) in [7, 11) is 3.20. The number of hydrogen-bond donors (Lipinski definition) is 1. The van der Waals surface area contributed by atoms with Crippen molar-refractivity contribution in [3.63, 3.8) is 0 Å². The van der Waals surface area contributed by atoms with Crippen LogP contribution in [0.1, 0.15) is 5.69 Å². The van der Waals surface area contributed by atoms with E-state index in [1.54, 1.807) is 26.2 Å². The maximum absolute atomic E-state index is 12.3. The minimum atomic E-state index is -0.311. The summed E-state index contributed by atoms with van der Waals surface area (Å²) < 4.78 is 4.16. The number of nitrogens with zero attached hydrogens (tertiary/aromatic N) is 4. The molecule has 0 unspecified atom stereocenters. The Morgan fingerprint density at radius 3 is 2.32 bits per heavy atom. The van der Waals surface area contributed by atoms with Crippen LogP contribution in [0.5, 0.6) is 5.88 Å². The van der Waals surface area contributed by atoms with E-state index in [0.29, 0.717) is 10.7 Å². The van der Waals surface area contributed by atoms with Crippen LogP contribution in [0, 0.1) is 6.92 Å². The van der Waals surface area contributed by atoms with Crippen molar-refractivity contribution in [2.75, 3.05) is 0 Å². The molecule has 22 heavy (non-hydrogen) atoms. The van der Waals surface area contributed by atoms with Crippen LogP contribution in [0.25, 0.3) is 16.9 Å². The number of benzene rings is 1. The molecule has 1 N–H and O–H groups in total. The van der Waals surface area contributed by atoms with Gasteiger partial charge in [0.25, 0.3) is 5.56 Å². The van der Waals surface area contributed by atoms with Crippen molar-refractivity contribution in [2.24, 2.45) is 14.1 Å². The van der Waals surface area contributed by atoms with Gasteiger partial charge in [-0.3, -0.25) is 9.48 Å². The van der Waals surface area contributed by atoms with E-state index in [-0.39, 0.29) is 17.1 Å². The summed E-state index contributed by atoms with van der Waals surface area (Å²) in [6.45, 7) is 1.83. The summed E-state index contributed by atoms with van der Waals surface area (Å²) in [6, 6.07) is 9.14. The molecule has 2 heterocycles. The first-order valence-corrected chi connectivity index (χ1v) is 7.06. The van der Waals surface area contributed by atoms with Crippen molar-refractivity contribution >= 4 is 11.6 Å². The lowest BCUT2D eigenvalue weighted by Gasteiger charge is -2.01. The maximum atomic E-state index is 12.3. The molecule has 0 fully saturated rings. The monoisotopic (exact) mass is 318 g/mol. The highest BCUT2D eigenvalue weighted by atomic mass is 35.5. The van der Waals surface area contributed by atoms with Gasteiger partial charge in [0.05, 0.1) is 5.69 Å². The van der Waals surface area contributed by atoms with Gasteiger partial charge in [0.2, 0.25) is 5.88 Å². The summed E-state index contributed by atoms with van der Waals surface area (Å²) in [4.78, 5) is 12.3. The van der Waals surface area contributed by atoms with E-state index in [1.165, 1.54) is 14.0 Å². The van der Waals surface area contributed by atoms with Gasteiger partial charge in [0.15, 0.2) is 5.69 Å². The van der Waals surface area contributed by atoms with Crippen LogP contribution < -0.4 is 5.56 Å². The molecule has 0 spiro atoms. The van der Waals surface area contributed by atoms with Gasteiger partial charge < -0.3 is 5.11 Å². The average Bonchev–Trinajstić information content (AvgIpc) is 2.95. The Kier molecular flexibility index (Phi) is 3.33. The largest absolute Gasteiger partial charge is 0.492 e. The lowest BCUT2D eigenvalue weighted by Crippen LogP contribution is -2.20. The van der Waals surface area contributed by atoms with E-state index >= 15 is 0 Å². The minimum absolute atomic E-state index is 0.124. The second kappa shape index (κ2) is 5.06. The normalized spacial score (nSPS) is 11.1. The quantitative estimate of drug-likeness (QED) is 0.788. The van der Waals surface area contributed by atoms with Crippen LogP contribution in [0.4, 0.5) is 0 Å². The Balaban J connectivity index is 2.17. The summed E-state index contributed by atoms with van der Waals surface area (Å²) in [5.41, 5.74) is 2.18.